The number of fused-ring (bicyclic) bond motifs is 1. The average molecular weight is 430 g/mol. The number of ether oxygens (including phenoxy) is 1. The molecular formula is C24H27N7O. The van der Waals surface area contributed by atoms with Crippen molar-refractivity contribution in [1.82, 2.24) is 30.2 Å². The van der Waals surface area contributed by atoms with Gasteiger partial charge in [-0.15, -0.1) is 5.10 Å². The van der Waals surface area contributed by atoms with Gasteiger partial charge in [0.25, 0.3) is 0 Å². The molecule has 1 atom stereocenters. The lowest BCUT2D eigenvalue weighted by Crippen LogP contribution is -2.17. The van der Waals surface area contributed by atoms with Crippen molar-refractivity contribution in [3.8, 4) is 11.3 Å². The van der Waals surface area contributed by atoms with Crippen molar-refractivity contribution in [2.45, 2.75) is 38.6 Å². The minimum atomic E-state index is -0.0620. The van der Waals surface area contributed by atoms with Crippen LogP contribution in [-0.2, 0) is 11.8 Å². The first-order valence-corrected chi connectivity index (χ1v) is 11.0. The molecule has 1 N–H and O–H groups in total. The molecule has 8 nitrogen and oxygen atoms in total. The molecule has 32 heavy (non-hydrogen) atoms. The molecule has 0 bridgehead atoms. The number of hydrogen-bond acceptors (Lipinski definition) is 7. The number of nitrogens with one attached hydrogen (secondary N) is 1. The van der Waals surface area contributed by atoms with Crippen LogP contribution in [0.1, 0.15) is 48.8 Å². The van der Waals surface area contributed by atoms with Gasteiger partial charge in [0.1, 0.15) is 0 Å². The first-order chi connectivity index (χ1) is 15.6. The Kier molecular flexibility index (Phi) is 5.53. The monoisotopic (exact) mass is 429 g/mol. The first kappa shape index (κ1) is 20.5. The molecule has 0 aliphatic carbocycles. The van der Waals surface area contributed by atoms with Gasteiger partial charge in [-0.2, -0.15) is 20.4 Å². The third-order valence-corrected chi connectivity index (χ3v) is 6.04. The Morgan fingerprint density at radius 2 is 1.84 bits per heavy atom. The standard InChI is InChI=1S/C24H27N7O/c1-15-4-7-21(27-26-15)16(2)25-24-20-14-18(22-8-11-31(3)30-22)5-6-19(20)23(28-29-24)17-9-12-32-13-10-17/h4-8,11,14,16-17H,9-10,12-13H2,1-3H3,(H,25,29). The number of aromatic nitrogens is 6. The van der Waals surface area contributed by atoms with E-state index in [0.717, 1.165) is 71.0 Å². The van der Waals surface area contributed by atoms with E-state index < -0.39 is 0 Å². The number of hydrogen-bond donors (Lipinski definition) is 1. The van der Waals surface area contributed by atoms with Gasteiger partial charge in [0.15, 0.2) is 5.82 Å². The highest BCUT2D eigenvalue weighted by Crippen LogP contribution is 2.35. The second-order valence-corrected chi connectivity index (χ2v) is 8.42. The van der Waals surface area contributed by atoms with Crippen LogP contribution in [0.4, 0.5) is 5.82 Å². The lowest BCUT2D eigenvalue weighted by molar-refractivity contribution is 0.0846. The van der Waals surface area contributed by atoms with Gasteiger partial charge < -0.3 is 10.1 Å². The number of benzene rings is 1. The van der Waals surface area contributed by atoms with E-state index in [2.05, 4.69) is 55.9 Å². The second-order valence-electron chi connectivity index (χ2n) is 8.42. The van der Waals surface area contributed by atoms with E-state index in [-0.39, 0.29) is 6.04 Å². The van der Waals surface area contributed by atoms with Crippen molar-refractivity contribution < 1.29 is 4.74 Å². The molecule has 0 radical (unpaired) electrons. The van der Waals surface area contributed by atoms with E-state index in [9.17, 15) is 0 Å². The van der Waals surface area contributed by atoms with E-state index in [1.807, 2.05) is 43.0 Å². The Labute approximate surface area is 187 Å². The molecule has 1 aliphatic rings. The third-order valence-electron chi connectivity index (χ3n) is 6.04. The quantitative estimate of drug-likeness (QED) is 0.508. The predicted octanol–water partition coefficient (Wildman–Crippen LogP) is 4.20. The molecule has 3 aromatic heterocycles. The molecule has 1 aromatic carbocycles. The zero-order valence-corrected chi connectivity index (χ0v) is 18.6. The summed E-state index contributed by atoms with van der Waals surface area (Å²) in [5.74, 6) is 1.09. The van der Waals surface area contributed by atoms with Gasteiger partial charge in [-0.1, -0.05) is 12.1 Å². The summed E-state index contributed by atoms with van der Waals surface area (Å²) in [4.78, 5) is 0. The predicted molar refractivity (Wildman–Crippen MR) is 123 cm³/mol. The fourth-order valence-electron chi connectivity index (χ4n) is 4.20. The molecule has 164 valence electrons. The van der Waals surface area contributed by atoms with Gasteiger partial charge in [0.05, 0.1) is 28.8 Å². The van der Waals surface area contributed by atoms with E-state index in [1.54, 1.807) is 0 Å². The van der Waals surface area contributed by atoms with Gasteiger partial charge in [-0.05, 0) is 51.0 Å². The highest BCUT2D eigenvalue weighted by Gasteiger charge is 2.22. The van der Waals surface area contributed by atoms with Crippen molar-refractivity contribution in [2.24, 2.45) is 7.05 Å². The van der Waals surface area contributed by atoms with Crippen LogP contribution in [0.3, 0.4) is 0 Å². The largest absolute Gasteiger partial charge is 0.381 e. The molecular weight excluding hydrogens is 402 g/mol. The van der Waals surface area contributed by atoms with Crippen LogP contribution in [0.15, 0.2) is 42.6 Å². The van der Waals surface area contributed by atoms with E-state index in [0.29, 0.717) is 5.92 Å². The SMILES string of the molecule is Cc1ccc(C(C)Nc2nnc(C3CCOCC3)c3ccc(-c4ccn(C)n4)cc23)nn1. The highest BCUT2D eigenvalue weighted by molar-refractivity contribution is 5.96. The van der Waals surface area contributed by atoms with E-state index >= 15 is 0 Å². The topological polar surface area (TPSA) is 90.6 Å². The van der Waals surface area contributed by atoms with Crippen LogP contribution < -0.4 is 5.32 Å². The normalized spacial score (nSPS) is 15.7. The van der Waals surface area contributed by atoms with Gasteiger partial charge in [0, 0.05) is 48.7 Å². The van der Waals surface area contributed by atoms with Crippen LogP contribution in [0.2, 0.25) is 0 Å². The third kappa shape index (κ3) is 4.05. The molecule has 1 saturated heterocycles. The Hall–Kier alpha value is -3.39. The lowest BCUT2D eigenvalue weighted by atomic mass is 9.92. The fourth-order valence-corrected chi connectivity index (χ4v) is 4.20. The highest BCUT2D eigenvalue weighted by atomic mass is 16.5. The van der Waals surface area contributed by atoms with Crippen LogP contribution in [-0.4, -0.2) is 43.4 Å². The minimum absolute atomic E-state index is 0.0620. The van der Waals surface area contributed by atoms with Crippen molar-refractivity contribution in [1.29, 1.82) is 0 Å². The van der Waals surface area contributed by atoms with E-state index in [4.69, 9.17) is 4.74 Å². The molecule has 8 heteroatoms. The maximum Gasteiger partial charge on any atom is 0.157 e. The molecule has 5 rings (SSSR count). The number of rotatable bonds is 5. The number of anilines is 1. The molecule has 1 unspecified atom stereocenters. The Bertz CT molecular complexity index is 1230. The lowest BCUT2D eigenvalue weighted by Gasteiger charge is -2.23. The minimum Gasteiger partial charge on any atom is -0.381 e. The smallest absolute Gasteiger partial charge is 0.157 e. The number of aryl methyl sites for hydroxylation is 2. The van der Waals surface area contributed by atoms with Gasteiger partial charge in [-0.25, -0.2) is 0 Å². The summed E-state index contributed by atoms with van der Waals surface area (Å²) in [5.41, 5.74) is 4.79. The summed E-state index contributed by atoms with van der Waals surface area (Å²) in [6.07, 6.45) is 3.89. The van der Waals surface area contributed by atoms with Crippen molar-refractivity contribution in [3.05, 3.63) is 59.7 Å². The first-order valence-electron chi connectivity index (χ1n) is 11.0. The summed E-state index contributed by atoms with van der Waals surface area (Å²) in [5, 5.41) is 28.1. The van der Waals surface area contributed by atoms with E-state index in [1.165, 1.54) is 0 Å². The molecule has 0 saturated carbocycles. The van der Waals surface area contributed by atoms with Crippen LogP contribution >= 0.6 is 0 Å². The van der Waals surface area contributed by atoms with Crippen molar-refractivity contribution in [3.63, 3.8) is 0 Å². The average Bonchev–Trinajstić information content (AvgIpc) is 3.26. The summed E-state index contributed by atoms with van der Waals surface area (Å²) in [6, 6.07) is 12.3. The maximum atomic E-state index is 5.56. The Morgan fingerprint density at radius 1 is 1.00 bits per heavy atom. The summed E-state index contributed by atoms with van der Waals surface area (Å²) >= 11 is 0. The second kappa shape index (κ2) is 8.63. The van der Waals surface area contributed by atoms with Crippen molar-refractivity contribution in [2.75, 3.05) is 18.5 Å². The zero-order chi connectivity index (χ0) is 22.1. The van der Waals surface area contributed by atoms with Crippen molar-refractivity contribution >= 4 is 16.6 Å². The molecule has 0 amide bonds. The number of nitrogens with zero attached hydrogens (tertiary/aromatic N) is 6. The van der Waals surface area contributed by atoms with Crippen LogP contribution in [0.5, 0.6) is 0 Å². The summed E-state index contributed by atoms with van der Waals surface area (Å²) < 4.78 is 7.38. The molecule has 1 fully saturated rings. The molecule has 0 spiro atoms. The Balaban J connectivity index is 1.58. The summed E-state index contributed by atoms with van der Waals surface area (Å²) in [6.45, 7) is 5.52. The fraction of sp³-hybridized carbons (Fsp3) is 0.375. The van der Waals surface area contributed by atoms with Gasteiger partial charge in [-0.3, -0.25) is 4.68 Å². The zero-order valence-electron chi connectivity index (χ0n) is 18.6. The molecule has 4 aromatic rings. The van der Waals surface area contributed by atoms with Gasteiger partial charge >= 0.3 is 0 Å². The van der Waals surface area contributed by atoms with Crippen LogP contribution in [0, 0.1) is 6.92 Å². The molecule has 4 heterocycles. The van der Waals surface area contributed by atoms with Gasteiger partial charge in [0.2, 0.25) is 0 Å². The Morgan fingerprint density at radius 3 is 2.56 bits per heavy atom. The summed E-state index contributed by atoms with van der Waals surface area (Å²) in [7, 11) is 1.93. The van der Waals surface area contributed by atoms with Crippen LogP contribution in [0.25, 0.3) is 22.0 Å². The molecule has 1 aliphatic heterocycles. The maximum absolute atomic E-state index is 5.56.